The zero-order chi connectivity index (χ0) is 32.3. The summed E-state index contributed by atoms with van der Waals surface area (Å²) in [6.07, 6.45) is -1.19. The first kappa shape index (κ1) is 36.3. The number of nitrogens with one attached hydrogen (secondary N) is 3. The van der Waals surface area contributed by atoms with Gasteiger partial charge in [0.1, 0.15) is 29.2 Å². The molecule has 1 unspecified atom stereocenters. The Morgan fingerprint density at radius 3 is 2.02 bits per heavy atom. The van der Waals surface area contributed by atoms with Gasteiger partial charge in [-0.15, -0.1) is 4.99 Å². The van der Waals surface area contributed by atoms with Crippen LogP contribution in [0.4, 0.5) is 9.59 Å². The third kappa shape index (κ3) is 14.8. The molecule has 3 amide bonds. The number of Topliss-reactive ketones (excluding diaryl/α,β-unsaturated/α-hetero) is 1. The molecule has 0 bridgehead atoms. The van der Waals surface area contributed by atoms with E-state index in [-0.39, 0.29) is 31.3 Å². The second-order valence-electron chi connectivity index (χ2n) is 12.2. The van der Waals surface area contributed by atoms with Gasteiger partial charge in [0.15, 0.2) is 5.78 Å². The predicted molar refractivity (Wildman–Crippen MR) is 158 cm³/mol. The number of guanidine groups is 1. The maximum absolute atomic E-state index is 13.1. The van der Waals surface area contributed by atoms with Crippen molar-refractivity contribution < 1.29 is 38.1 Å². The van der Waals surface area contributed by atoms with E-state index in [4.69, 9.17) is 18.9 Å². The molecule has 3 N–H and O–H groups in total. The van der Waals surface area contributed by atoms with Crippen LogP contribution < -0.4 is 20.7 Å². The molecule has 0 aliphatic carbocycles. The molecular weight excluding hydrogens is 546 g/mol. The van der Waals surface area contributed by atoms with Crippen LogP contribution in [-0.2, 0) is 23.8 Å². The number of alkyl carbamates (subject to hydrolysis) is 1. The van der Waals surface area contributed by atoms with Gasteiger partial charge in [-0.3, -0.25) is 19.9 Å². The molecular formula is C29H47N5O8. The largest absolute Gasteiger partial charge is 0.486 e. The molecule has 236 valence electrons. The molecule has 1 rings (SSSR count). The summed E-state index contributed by atoms with van der Waals surface area (Å²) >= 11 is 0. The summed E-state index contributed by atoms with van der Waals surface area (Å²) < 4.78 is 21.4. The average Bonchev–Trinajstić information content (AvgIpc) is 2.81. The molecule has 1 heterocycles. The quantitative estimate of drug-likeness (QED) is 0.195. The summed E-state index contributed by atoms with van der Waals surface area (Å²) in [5.74, 6) is -0.506. The Balaban J connectivity index is 2.97. The number of amides is 3. The number of hydrogen-bond donors (Lipinski definition) is 3. The summed E-state index contributed by atoms with van der Waals surface area (Å²) in [5.41, 5.74) is -1.24. The highest BCUT2D eigenvalue weighted by atomic mass is 16.6. The van der Waals surface area contributed by atoms with Crippen LogP contribution in [0.2, 0.25) is 0 Å². The number of aromatic nitrogens is 1. The Morgan fingerprint density at radius 2 is 1.50 bits per heavy atom. The van der Waals surface area contributed by atoms with Gasteiger partial charge in [0, 0.05) is 37.2 Å². The molecule has 0 radical (unpaired) electrons. The van der Waals surface area contributed by atoms with E-state index in [1.807, 2.05) is 13.8 Å². The minimum absolute atomic E-state index is 0.175. The number of rotatable bonds is 11. The Labute approximate surface area is 248 Å². The Bertz CT molecular complexity index is 1120. The van der Waals surface area contributed by atoms with E-state index in [2.05, 4.69) is 25.9 Å². The highest BCUT2D eigenvalue weighted by Gasteiger charge is 2.31. The summed E-state index contributed by atoms with van der Waals surface area (Å²) in [4.78, 5) is 58.6. The van der Waals surface area contributed by atoms with Gasteiger partial charge in [0.2, 0.25) is 5.96 Å². The van der Waals surface area contributed by atoms with Crippen molar-refractivity contribution in [2.45, 2.75) is 105 Å². The summed E-state index contributed by atoms with van der Waals surface area (Å²) in [6, 6.07) is 2.53. The zero-order valence-electron chi connectivity index (χ0n) is 26.7. The zero-order valence-corrected chi connectivity index (χ0v) is 26.7. The van der Waals surface area contributed by atoms with Gasteiger partial charge in [-0.2, -0.15) is 0 Å². The third-order valence-corrected chi connectivity index (χ3v) is 5.37. The minimum Gasteiger partial charge on any atom is -0.486 e. The van der Waals surface area contributed by atoms with Crippen molar-refractivity contribution in [2.24, 2.45) is 4.99 Å². The normalized spacial score (nSPS) is 13.1. The number of hydrogen-bond acceptors (Lipinski definition) is 9. The molecule has 0 fully saturated rings. The van der Waals surface area contributed by atoms with Crippen molar-refractivity contribution in [1.82, 2.24) is 20.9 Å². The lowest BCUT2D eigenvalue weighted by Crippen LogP contribution is -2.51. The highest BCUT2D eigenvalue weighted by Crippen LogP contribution is 2.15. The Hall–Kier alpha value is -3.74. The fourth-order valence-electron chi connectivity index (χ4n) is 3.27. The molecule has 1 atom stereocenters. The Kier molecular flexibility index (Phi) is 13.4. The summed E-state index contributed by atoms with van der Waals surface area (Å²) in [6.45, 7) is 16.9. The molecule has 42 heavy (non-hydrogen) atoms. The first-order valence-electron chi connectivity index (χ1n) is 13.7. The Morgan fingerprint density at radius 1 is 0.929 bits per heavy atom. The fraction of sp³-hybridized carbons (Fsp3) is 0.655. The van der Waals surface area contributed by atoms with Crippen molar-refractivity contribution in [1.29, 1.82) is 0 Å². The van der Waals surface area contributed by atoms with Crippen molar-refractivity contribution >= 4 is 29.8 Å². The van der Waals surface area contributed by atoms with Gasteiger partial charge < -0.3 is 29.6 Å². The van der Waals surface area contributed by atoms with Crippen LogP contribution in [0.3, 0.4) is 0 Å². The van der Waals surface area contributed by atoms with Gasteiger partial charge in [0.05, 0.1) is 6.04 Å². The van der Waals surface area contributed by atoms with E-state index < -0.39 is 40.9 Å². The van der Waals surface area contributed by atoms with Crippen LogP contribution in [0.25, 0.3) is 0 Å². The number of ketones is 1. The van der Waals surface area contributed by atoms with Gasteiger partial charge in [0.25, 0.3) is 5.91 Å². The van der Waals surface area contributed by atoms with Crippen LogP contribution in [-0.4, -0.2) is 77.9 Å². The molecule has 0 aliphatic rings. The molecule has 13 nitrogen and oxygen atoms in total. The van der Waals surface area contributed by atoms with E-state index >= 15 is 0 Å². The molecule has 1 aromatic rings. The number of carbonyl (C=O) groups is 4. The van der Waals surface area contributed by atoms with E-state index in [1.54, 1.807) is 67.5 Å². The average molecular weight is 594 g/mol. The van der Waals surface area contributed by atoms with Gasteiger partial charge in [-0.25, -0.2) is 9.59 Å². The molecule has 0 saturated heterocycles. The lowest BCUT2D eigenvalue weighted by molar-refractivity contribution is -0.142. The number of aryl methyl sites for hydroxylation is 2. The standard InChI is InChI=1S/C29H47N5O8/c1-18-15-20(16-19(2)31-18)40-17-22(35)21(32-23(36)29(9,10)39-11)13-12-14-30-24(33-25(37)41-27(3,4)5)34-26(38)42-28(6,7)8/h15-16,21H,12-14,17H2,1-11H3,(H,32,36)(H2,30,33,34,37,38). The number of ether oxygens (including phenoxy) is 4. The molecule has 0 aliphatic heterocycles. The highest BCUT2D eigenvalue weighted by molar-refractivity contribution is 5.99. The van der Waals surface area contributed by atoms with Crippen LogP contribution >= 0.6 is 0 Å². The van der Waals surface area contributed by atoms with E-state index in [1.165, 1.54) is 7.11 Å². The first-order valence-corrected chi connectivity index (χ1v) is 13.7. The molecule has 0 aromatic carbocycles. The third-order valence-electron chi connectivity index (χ3n) is 5.37. The van der Waals surface area contributed by atoms with Crippen LogP contribution in [0.15, 0.2) is 17.1 Å². The number of nitrogens with zero attached hydrogens (tertiary/aromatic N) is 2. The fourth-order valence-corrected chi connectivity index (χ4v) is 3.27. The number of aliphatic imine (C=N–C) groups is 1. The second-order valence-corrected chi connectivity index (χ2v) is 12.2. The number of pyridine rings is 1. The predicted octanol–water partition coefficient (Wildman–Crippen LogP) is 3.74. The SMILES string of the molecule is COC(C)(C)C(=O)NC(CCCNC(=NC(=O)OC(C)(C)C)NC(=O)OC(C)(C)C)C(=O)COc1cc(C)nc(C)c1. The smallest absolute Gasteiger partial charge is 0.437 e. The van der Waals surface area contributed by atoms with Crippen molar-refractivity contribution in [3.05, 3.63) is 23.5 Å². The van der Waals surface area contributed by atoms with E-state index in [0.717, 1.165) is 11.4 Å². The van der Waals surface area contributed by atoms with Gasteiger partial charge in [-0.05, 0) is 82.1 Å². The van der Waals surface area contributed by atoms with Crippen molar-refractivity contribution in [3.63, 3.8) is 0 Å². The van der Waals surface area contributed by atoms with E-state index in [9.17, 15) is 19.2 Å². The van der Waals surface area contributed by atoms with Crippen LogP contribution in [0.1, 0.15) is 79.6 Å². The second kappa shape index (κ2) is 15.5. The maximum atomic E-state index is 13.1. The molecule has 0 spiro atoms. The van der Waals surface area contributed by atoms with Crippen molar-refractivity contribution in [2.75, 3.05) is 20.3 Å². The molecule has 0 saturated carbocycles. The number of methoxy groups -OCH3 is 1. The summed E-state index contributed by atoms with van der Waals surface area (Å²) in [7, 11) is 1.40. The number of carbonyl (C=O) groups excluding carboxylic acids is 4. The topological polar surface area (TPSA) is 167 Å². The van der Waals surface area contributed by atoms with Gasteiger partial charge in [-0.1, -0.05) is 0 Å². The first-order chi connectivity index (χ1) is 19.2. The van der Waals surface area contributed by atoms with Crippen LogP contribution in [0, 0.1) is 13.8 Å². The van der Waals surface area contributed by atoms with Crippen LogP contribution in [0.5, 0.6) is 5.75 Å². The van der Waals surface area contributed by atoms with Crippen molar-refractivity contribution in [3.8, 4) is 5.75 Å². The van der Waals surface area contributed by atoms with E-state index in [0.29, 0.717) is 12.2 Å². The monoisotopic (exact) mass is 593 g/mol. The van der Waals surface area contributed by atoms with Gasteiger partial charge >= 0.3 is 12.2 Å². The lowest BCUT2D eigenvalue weighted by Gasteiger charge is -2.26. The molecule has 13 heteroatoms. The maximum Gasteiger partial charge on any atom is 0.437 e. The summed E-state index contributed by atoms with van der Waals surface area (Å²) in [5, 5.41) is 8.01. The minimum atomic E-state index is -1.17. The lowest BCUT2D eigenvalue weighted by atomic mass is 10.0. The molecule has 1 aromatic heterocycles.